The molecule has 1 aromatic carbocycles. The van der Waals surface area contributed by atoms with Gasteiger partial charge in [-0.15, -0.1) is 11.3 Å². The maximum atomic E-state index is 11.3. The van der Waals surface area contributed by atoms with Crippen molar-refractivity contribution in [1.82, 2.24) is 0 Å². The third-order valence-corrected chi connectivity index (χ3v) is 4.25. The van der Waals surface area contributed by atoms with Crippen LogP contribution < -0.4 is 21.5 Å². The number of benzene rings is 1. The number of nitrogens with two attached hydrogens (primary N) is 2. The standard InChI is InChI=1S/C13H14ClN3O2S/c1-19-10-9(15)11(12(16)18)20-13(10)17-6-7-4-2-3-5-8(7)14/h2-5,17H,6,15H2,1H3,(H2,16,18). The Morgan fingerprint density at radius 2 is 2.15 bits per heavy atom. The number of amides is 1. The lowest BCUT2D eigenvalue weighted by Crippen LogP contribution is -2.10. The normalized spacial score (nSPS) is 10.3. The van der Waals surface area contributed by atoms with Crippen LogP contribution in [0.1, 0.15) is 15.2 Å². The largest absolute Gasteiger partial charge is 0.492 e. The van der Waals surface area contributed by atoms with E-state index in [1.165, 1.54) is 18.4 Å². The van der Waals surface area contributed by atoms with Crippen LogP contribution in [-0.4, -0.2) is 13.0 Å². The van der Waals surface area contributed by atoms with Crippen molar-refractivity contribution in [3.8, 4) is 5.75 Å². The number of hydrogen-bond donors (Lipinski definition) is 3. The number of primary amides is 1. The molecule has 0 radical (unpaired) electrons. The molecule has 0 unspecified atom stereocenters. The zero-order chi connectivity index (χ0) is 14.7. The van der Waals surface area contributed by atoms with Crippen molar-refractivity contribution in [2.24, 2.45) is 5.73 Å². The van der Waals surface area contributed by atoms with Crippen LogP contribution >= 0.6 is 22.9 Å². The van der Waals surface area contributed by atoms with Gasteiger partial charge in [-0.3, -0.25) is 4.79 Å². The first kappa shape index (κ1) is 14.5. The molecule has 0 spiro atoms. The average Bonchev–Trinajstić information content (AvgIpc) is 2.74. The molecule has 0 bridgehead atoms. The number of carbonyl (C=O) groups excluding carboxylic acids is 1. The Balaban J connectivity index is 2.24. The highest BCUT2D eigenvalue weighted by atomic mass is 35.5. The van der Waals surface area contributed by atoms with Crippen LogP contribution in [0.2, 0.25) is 5.02 Å². The summed E-state index contributed by atoms with van der Waals surface area (Å²) in [5.74, 6) is -0.146. The third kappa shape index (κ3) is 2.81. The van der Waals surface area contributed by atoms with Crippen molar-refractivity contribution in [1.29, 1.82) is 0 Å². The van der Waals surface area contributed by atoms with Crippen molar-refractivity contribution < 1.29 is 9.53 Å². The number of halogens is 1. The van der Waals surface area contributed by atoms with Gasteiger partial charge in [0.25, 0.3) is 5.91 Å². The van der Waals surface area contributed by atoms with Crippen LogP contribution in [0.25, 0.3) is 0 Å². The molecule has 1 amide bonds. The van der Waals surface area contributed by atoms with Gasteiger partial charge in [0.15, 0.2) is 5.75 Å². The van der Waals surface area contributed by atoms with E-state index in [2.05, 4.69) is 5.32 Å². The number of rotatable bonds is 5. The molecule has 1 heterocycles. The van der Waals surface area contributed by atoms with Gasteiger partial charge in [0.05, 0.1) is 7.11 Å². The predicted octanol–water partition coefficient (Wildman–Crippen LogP) is 2.70. The van der Waals surface area contributed by atoms with E-state index in [1.807, 2.05) is 24.3 Å². The van der Waals surface area contributed by atoms with E-state index in [0.29, 0.717) is 22.3 Å². The summed E-state index contributed by atoms with van der Waals surface area (Å²) in [4.78, 5) is 11.6. The van der Waals surface area contributed by atoms with E-state index in [0.717, 1.165) is 5.56 Å². The Morgan fingerprint density at radius 1 is 1.45 bits per heavy atom. The van der Waals surface area contributed by atoms with Crippen LogP contribution in [0.15, 0.2) is 24.3 Å². The molecule has 2 aromatic rings. The van der Waals surface area contributed by atoms with Gasteiger partial charge in [0.1, 0.15) is 15.6 Å². The number of ether oxygens (including phenoxy) is 1. The molecule has 20 heavy (non-hydrogen) atoms. The molecule has 2 rings (SSSR count). The molecule has 0 saturated carbocycles. The summed E-state index contributed by atoms with van der Waals surface area (Å²) in [6.45, 7) is 0.494. The zero-order valence-corrected chi connectivity index (χ0v) is 12.3. The SMILES string of the molecule is COc1c(NCc2ccccc2Cl)sc(C(N)=O)c1N. The predicted molar refractivity (Wildman–Crippen MR) is 82.6 cm³/mol. The maximum absolute atomic E-state index is 11.3. The van der Waals surface area contributed by atoms with Crippen LogP contribution in [-0.2, 0) is 6.54 Å². The Hall–Kier alpha value is -1.92. The number of nitrogen functional groups attached to an aromatic ring is 1. The summed E-state index contributed by atoms with van der Waals surface area (Å²) in [7, 11) is 1.49. The van der Waals surface area contributed by atoms with Gasteiger partial charge in [0.2, 0.25) is 0 Å². The van der Waals surface area contributed by atoms with Gasteiger partial charge in [-0.2, -0.15) is 0 Å². The van der Waals surface area contributed by atoms with E-state index >= 15 is 0 Å². The molecule has 5 N–H and O–H groups in total. The van der Waals surface area contributed by atoms with Gasteiger partial charge < -0.3 is 21.5 Å². The summed E-state index contributed by atoms with van der Waals surface area (Å²) in [6, 6.07) is 7.49. The molecule has 7 heteroatoms. The highest BCUT2D eigenvalue weighted by molar-refractivity contribution is 7.19. The topological polar surface area (TPSA) is 90.4 Å². The van der Waals surface area contributed by atoms with E-state index < -0.39 is 5.91 Å². The second kappa shape index (κ2) is 6.02. The quantitative estimate of drug-likeness (QED) is 0.792. The van der Waals surface area contributed by atoms with Crippen molar-refractivity contribution in [2.45, 2.75) is 6.54 Å². The summed E-state index contributed by atoms with van der Waals surface area (Å²) < 4.78 is 5.21. The molecule has 5 nitrogen and oxygen atoms in total. The lowest BCUT2D eigenvalue weighted by Gasteiger charge is -2.08. The summed E-state index contributed by atoms with van der Waals surface area (Å²) >= 11 is 7.25. The molecular formula is C13H14ClN3O2S. The first-order valence-corrected chi connectivity index (χ1v) is 6.97. The van der Waals surface area contributed by atoms with E-state index in [-0.39, 0.29) is 10.6 Å². The first-order chi connectivity index (χ1) is 9.54. The molecule has 0 atom stereocenters. The molecule has 0 saturated heterocycles. The summed E-state index contributed by atoms with van der Waals surface area (Å²) in [6.07, 6.45) is 0. The Bertz CT molecular complexity index is 643. The lowest BCUT2D eigenvalue weighted by atomic mass is 10.2. The van der Waals surface area contributed by atoms with E-state index in [4.69, 9.17) is 27.8 Å². The van der Waals surface area contributed by atoms with Gasteiger partial charge in [-0.25, -0.2) is 0 Å². The van der Waals surface area contributed by atoms with Crippen molar-refractivity contribution in [3.05, 3.63) is 39.7 Å². The first-order valence-electron chi connectivity index (χ1n) is 5.78. The average molecular weight is 312 g/mol. The molecule has 0 aliphatic heterocycles. The molecule has 0 fully saturated rings. The fraction of sp³-hybridized carbons (Fsp3) is 0.154. The van der Waals surface area contributed by atoms with Gasteiger partial charge in [-0.1, -0.05) is 29.8 Å². The van der Waals surface area contributed by atoms with E-state index in [1.54, 1.807) is 0 Å². The molecule has 0 aliphatic rings. The monoisotopic (exact) mass is 311 g/mol. The highest BCUT2D eigenvalue weighted by Gasteiger charge is 2.20. The smallest absolute Gasteiger partial charge is 0.261 e. The summed E-state index contributed by atoms with van der Waals surface area (Å²) in [5, 5.41) is 4.48. The summed E-state index contributed by atoms with van der Waals surface area (Å²) in [5.41, 5.74) is 12.3. The Kier molecular flexibility index (Phi) is 4.36. The third-order valence-electron chi connectivity index (χ3n) is 2.72. The molecule has 0 aliphatic carbocycles. The molecule has 1 aromatic heterocycles. The second-order valence-electron chi connectivity index (χ2n) is 4.02. The van der Waals surface area contributed by atoms with Crippen LogP contribution in [0.4, 0.5) is 10.7 Å². The van der Waals surface area contributed by atoms with Gasteiger partial charge in [-0.05, 0) is 11.6 Å². The maximum Gasteiger partial charge on any atom is 0.261 e. The fourth-order valence-electron chi connectivity index (χ4n) is 1.75. The Morgan fingerprint density at radius 3 is 2.75 bits per heavy atom. The van der Waals surface area contributed by atoms with Crippen molar-refractivity contribution >= 4 is 39.5 Å². The second-order valence-corrected chi connectivity index (χ2v) is 5.44. The van der Waals surface area contributed by atoms with Crippen LogP contribution in [0.3, 0.4) is 0 Å². The lowest BCUT2D eigenvalue weighted by molar-refractivity contribution is 0.100. The molecule has 106 valence electrons. The van der Waals surface area contributed by atoms with E-state index in [9.17, 15) is 4.79 Å². The van der Waals surface area contributed by atoms with Crippen LogP contribution in [0.5, 0.6) is 5.75 Å². The zero-order valence-electron chi connectivity index (χ0n) is 10.8. The number of anilines is 2. The fourth-order valence-corrected chi connectivity index (χ4v) is 2.89. The number of nitrogens with one attached hydrogen (secondary N) is 1. The number of carbonyl (C=O) groups is 1. The minimum absolute atomic E-state index is 0.256. The number of thiophene rings is 1. The van der Waals surface area contributed by atoms with Gasteiger partial charge in [0, 0.05) is 11.6 Å². The highest BCUT2D eigenvalue weighted by Crippen LogP contribution is 2.42. The molecular weight excluding hydrogens is 298 g/mol. The number of hydrogen-bond acceptors (Lipinski definition) is 5. The van der Waals surface area contributed by atoms with Crippen molar-refractivity contribution in [2.75, 3.05) is 18.2 Å². The van der Waals surface area contributed by atoms with Crippen molar-refractivity contribution in [3.63, 3.8) is 0 Å². The number of methoxy groups -OCH3 is 1. The van der Waals surface area contributed by atoms with Gasteiger partial charge >= 0.3 is 0 Å². The minimum atomic E-state index is -0.573. The van der Waals surface area contributed by atoms with Crippen LogP contribution in [0, 0.1) is 0 Å². The minimum Gasteiger partial charge on any atom is -0.492 e. The Labute approximate surface area is 125 Å².